The summed E-state index contributed by atoms with van der Waals surface area (Å²) < 4.78 is 38.1. The molecule has 1 aromatic carbocycles. The molecule has 3 rings (SSSR count). The summed E-state index contributed by atoms with van der Waals surface area (Å²) in [4.78, 5) is 25.2. The maximum absolute atomic E-state index is 12.7. The third-order valence-electron chi connectivity index (χ3n) is 3.98. The highest BCUT2D eigenvalue weighted by molar-refractivity contribution is 5.95. The maximum atomic E-state index is 12.7. The lowest BCUT2D eigenvalue weighted by molar-refractivity contribution is -0.137. The third-order valence-corrected chi connectivity index (χ3v) is 3.98. The van der Waals surface area contributed by atoms with Gasteiger partial charge < -0.3 is 10.2 Å². The first-order valence-electron chi connectivity index (χ1n) is 6.64. The molecule has 112 valence electrons. The lowest BCUT2D eigenvalue weighted by Crippen LogP contribution is -2.38. The highest BCUT2D eigenvalue weighted by Crippen LogP contribution is 2.31. The van der Waals surface area contributed by atoms with Crippen molar-refractivity contribution in [2.75, 3.05) is 6.54 Å². The van der Waals surface area contributed by atoms with Gasteiger partial charge in [0, 0.05) is 18.5 Å². The second kappa shape index (κ2) is 4.75. The minimum absolute atomic E-state index is 0.00447. The minimum atomic E-state index is -4.48. The summed E-state index contributed by atoms with van der Waals surface area (Å²) in [7, 11) is 0. The smallest absolute Gasteiger partial charge is 0.351 e. The Kier molecular flexibility index (Phi) is 3.15. The fourth-order valence-corrected chi connectivity index (χ4v) is 2.98. The van der Waals surface area contributed by atoms with Crippen molar-refractivity contribution in [3.8, 4) is 0 Å². The van der Waals surface area contributed by atoms with Gasteiger partial charge in [0.05, 0.1) is 17.6 Å². The Labute approximate surface area is 118 Å². The monoisotopic (exact) mass is 298 g/mol. The Morgan fingerprint density at radius 1 is 1.33 bits per heavy atom. The zero-order chi connectivity index (χ0) is 15.2. The molecule has 2 saturated heterocycles. The van der Waals surface area contributed by atoms with E-state index >= 15 is 0 Å². The Hall–Kier alpha value is -2.05. The van der Waals surface area contributed by atoms with Crippen molar-refractivity contribution >= 4 is 11.8 Å². The van der Waals surface area contributed by atoms with Crippen LogP contribution in [-0.2, 0) is 11.0 Å². The number of hydrogen-bond acceptors (Lipinski definition) is 2. The predicted octanol–water partition coefficient (Wildman–Crippen LogP) is 1.81. The van der Waals surface area contributed by atoms with Crippen LogP contribution in [0.3, 0.4) is 0 Å². The topological polar surface area (TPSA) is 49.4 Å². The Morgan fingerprint density at radius 3 is 2.81 bits per heavy atom. The van der Waals surface area contributed by atoms with Crippen LogP contribution in [0.1, 0.15) is 28.8 Å². The molecule has 2 heterocycles. The molecule has 1 aromatic rings. The van der Waals surface area contributed by atoms with E-state index in [1.54, 1.807) is 0 Å². The highest BCUT2D eigenvalue weighted by atomic mass is 19.4. The maximum Gasteiger partial charge on any atom is 0.416 e. The quantitative estimate of drug-likeness (QED) is 0.859. The number of likely N-dealkylation sites (tertiary alicyclic amines) is 1. The molecule has 0 radical (unpaired) electrons. The number of carbonyl (C=O) groups excluding carboxylic acids is 2. The number of benzene rings is 1. The molecule has 0 saturated carbocycles. The molecular formula is C14H13F3N2O2. The summed E-state index contributed by atoms with van der Waals surface area (Å²) in [5.41, 5.74) is -0.838. The van der Waals surface area contributed by atoms with Crippen LogP contribution in [0, 0.1) is 0 Å². The number of nitrogens with zero attached hydrogens (tertiary/aromatic N) is 1. The average molecular weight is 298 g/mol. The molecule has 4 nitrogen and oxygen atoms in total. The number of alkyl halides is 3. The van der Waals surface area contributed by atoms with Gasteiger partial charge in [0.25, 0.3) is 5.91 Å². The van der Waals surface area contributed by atoms with Gasteiger partial charge in [0.2, 0.25) is 5.91 Å². The standard InChI is InChI=1S/C14H13F3N2O2/c15-14(16,17)9-3-1-2-8(6-9)13(21)19-5-4-10-11(19)7-12(20)18-10/h1-3,6,10-11H,4-5,7H2,(H,18,20)/t10-,11-/m1/s1. The molecule has 2 aliphatic heterocycles. The van der Waals surface area contributed by atoms with Gasteiger partial charge in [-0.3, -0.25) is 9.59 Å². The van der Waals surface area contributed by atoms with Crippen LogP contribution in [-0.4, -0.2) is 35.3 Å². The number of fused-ring (bicyclic) bond motifs is 1. The number of nitrogens with one attached hydrogen (secondary N) is 1. The lowest BCUT2D eigenvalue weighted by atomic mass is 10.1. The second-order valence-corrected chi connectivity index (χ2v) is 5.31. The summed E-state index contributed by atoms with van der Waals surface area (Å²) in [5, 5.41) is 2.77. The molecule has 2 atom stereocenters. The average Bonchev–Trinajstić information content (AvgIpc) is 2.96. The van der Waals surface area contributed by atoms with Crippen molar-refractivity contribution in [1.29, 1.82) is 0 Å². The summed E-state index contributed by atoms with van der Waals surface area (Å²) in [5.74, 6) is -0.573. The molecule has 1 N–H and O–H groups in total. The van der Waals surface area contributed by atoms with Crippen LogP contribution in [0.2, 0.25) is 0 Å². The fraction of sp³-hybridized carbons (Fsp3) is 0.429. The van der Waals surface area contributed by atoms with Gasteiger partial charge in [-0.2, -0.15) is 13.2 Å². The number of carbonyl (C=O) groups is 2. The van der Waals surface area contributed by atoms with Gasteiger partial charge in [0.15, 0.2) is 0 Å². The molecule has 0 bridgehead atoms. The minimum Gasteiger partial charge on any atom is -0.351 e. The first kappa shape index (κ1) is 13.9. The molecule has 7 heteroatoms. The molecule has 0 unspecified atom stereocenters. The van der Waals surface area contributed by atoms with Crippen molar-refractivity contribution in [2.24, 2.45) is 0 Å². The predicted molar refractivity (Wildman–Crippen MR) is 67.4 cm³/mol. The van der Waals surface area contributed by atoms with E-state index in [0.29, 0.717) is 13.0 Å². The largest absolute Gasteiger partial charge is 0.416 e. The molecule has 0 spiro atoms. The molecule has 2 fully saturated rings. The van der Waals surface area contributed by atoms with Crippen LogP contribution < -0.4 is 5.32 Å². The zero-order valence-corrected chi connectivity index (χ0v) is 11.0. The van der Waals surface area contributed by atoms with Gasteiger partial charge in [-0.15, -0.1) is 0 Å². The SMILES string of the molecule is O=C1C[C@@H]2[C@@H](CCN2C(=O)c2cccc(C(F)(F)F)c2)N1. The van der Waals surface area contributed by atoms with Crippen molar-refractivity contribution in [2.45, 2.75) is 31.1 Å². The number of amides is 2. The highest BCUT2D eigenvalue weighted by Gasteiger charge is 2.43. The van der Waals surface area contributed by atoms with Crippen molar-refractivity contribution in [3.05, 3.63) is 35.4 Å². The van der Waals surface area contributed by atoms with E-state index < -0.39 is 17.6 Å². The van der Waals surface area contributed by atoms with Crippen molar-refractivity contribution < 1.29 is 22.8 Å². The van der Waals surface area contributed by atoms with Gasteiger partial charge in [-0.05, 0) is 24.6 Å². The number of rotatable bonds is 1. The Morgan fingerprint density at radius 2 is 2.10 bits per heavy atom. The van der Waals surface area contributed by atoms with Crippen LogP contribution >= 0.6 is 0 Å². The molecule has 2 aliphatic rings. The van der Waals surface area contributed by atoms with E-state index in [4.69, 9.17) is 0 Å². The summed E-state index contributed by atoms with van der Waals surface area (Å²) in [6.45, 7) is 0.449. The van der Waals surface area contributed by atoms with E-state index in [9.17, 15) is 22.8 Å². The van der Waals surface area contributed by atoms with Crippen molar-refractivity contribution in [3.63, 3.8) is 0 Å². The second-order valence-electron chi connectivity index (χ2n) is 5.31. The molecule has 21 heavy (non-hydrogen) atoms. The molecular weight excluding hydrogens is 285 g/mol. The first-order chi connectivity index (χ1) is 9.86. The molecule has 2 amide bonds. The van der Waals surface area contributed by atoms with Gasteiger partial charge in [-0.25, -0.2) is 0 Å². The van der Waals surface area contributed by atoms with Gasteiger partial charge >= 0.3 is 6.18 Å². The van der Waals surface area contributed by atoms with Crippen LogP contribution in [0.25, 0.3) is 0 Å². The molecule has 0 aromatic heterocycles. The van der Waals surface area contributed by atoms with Crippen molar-refractivity contribution in [1.82, 2.24) is 10.2 Å². The number of hydrogen-bond donors (Lipinski definition) is 1. The van der Waals surface area contributed by atoms with E-state index in [0.717, 1.165) is 12.1 Å². The van der Waals surface area contributed by atoms with E-state index in [1.807, 2.05) is 0 Å². The van der Waals surface area contributed by atoms with Crippen LogP contribution in [0.4, 0.5) is 13.2 Å². The first-order valence-corrected chi connectivity index (χ1v) is 6.64. The van der Waals surface area contributed by atoms with Crippen LogP contribution in [0.15, 0.2) is 24.3 Å². The zero-order valence-electron chi connectivity index (χ0n) is 11.0. The molecule has 0 aliphatic carbocycles. The fourth-order valence-electron chi connectivity index (χ4n) is 2.98. The van der Waals surface area contributed by atoms with E-state index in [2.05, 4.69) is 5.32 Å². The van der Waals surface area contributed by atoms with E-state index in [1.165, 1.54) is 17.0 Å². The summed E-state index contributed by atoms with van der Waals surface area (Å²) >= 11 is 0. The van der Waals surface area contributed by atoms with Gasteiger partial charge in [0.1, 0.15) is 0 Å². The number of halogens is 3. The lowest BCUT2D eigenvalue weighted by Gasteiger charge is -2.23. The van der Waals surface area contributed by atoms with Gasteiger partial charge in [-0.1, -0.05) is 6.07 Å². The normalized spacial score (nSPS) is 24.9. The Balaban J connectivity index is 1.84. The Bertz CT molecular complexity index is 600. The summed E-state index contributed by atoms with van der Waals surface area (Å²) in [6.07, 6.45) is -3.62. The summed E-state index contributed by atoms with van der Waals surface area (Å²) in [6, 6.07) is 4.06. The van der Waals surface area contributed by atoms with E-state index in [-0.39, 0.29) is 30.0 Å². The van der Waals surface area contributed by atoms with Crippen LogP contribution in [0.5, 0.6) is 0 Å². The third kappa shape index (κ3) is 2.48.